The highest BCUT2D eigenvalue weighted by molar-refractivity contribution is 5.69. The zero-order valence-electron chi connectivity index (χ0n) is 14.8. The minimum atomic E-state index is 0.680. The van der Waals surface area contributed by atoms with Crippen molar-refractivity contribution < 1.29 is 0 Å². The topological polar surface area (TPSA) is 30.5 Å². The third-order valence-corrected chi connectivity index (χ3v) is 5.78. The van der Waals surface area contributed by atoms with Crippen LogP contribution < -0.4 is 20.7 Å². The van der Waals surface area contributed by atoms with Crippen LogP contribution in [-0.4, -0.2) is 25.7 Å². The predicted octanol–water partition coefficient (Wildman–Crippen LogP) is 3.50. The predicted molar refractivity (Wildman–Crippen MR) is 108 cm³/mol. The Balaban J connectivity index is 1.33. The second-order valence-electron chi connectivity index (χ2n) is 7.26. The first-order chi connectivity index (χ1) is 12.9. The first-order valence-corrected chi connectivity index (χ1v) is 9.45. The summed E-state index contributed by atoms with van der Waals surface area (Å²) in [4.78, 5) is 2.58. The second-order valence-corrected chi connectivity index (χ2v) is 7.26. The van der Waals surface area contributed by atoms with Crippen molar-refractivity contribution >= 4 is 11.4 Å². The molecule has 0 saturated carbocycles. The van der Waals surface area contributed by atoms with Gasteiger partial charge in [-0.25, -0.2) is 0 Å². The summed E-state index contributed by atoms with van der Waals surface area (Å²) in [6.07, 6.45) is 9.26. The lowest BCUT2D eigenvalue weighted by Gasteiger charge is -2.26. The Kier molecular flexibility index (Phi) is 3.91. The summed E-state index contributed by atoms with van der Waals surface area (Å²) in [5, 5.41) is 5.54. The van der Waals surface area contributed by atoms with Crippen molar-refractivity contribution in [3.05, 3.63) is 73.1 Å². The number of allylic oxidation sites excluding steroid dienone is 2. The van der Waals surface area contributed by atoms with Gasteiger partial charge in [-0.1, -0.05) is 24.3 Å². The Labute approximate surface area is 154 Å². The van der Waals surface area contributed by atoms with Gasteiger partial charge in [0.15, 0.2) is 0 Å². The molecule has 3 aliphatic rings. The van der Waals surface area contributed by atoms with Crippen molar-refractivity contribution in [1.29, 1.82) is 0 Å². The highest BCUT2D eigenvalue weighted by Gasteiger charge is 2.37. The summed E-state index contributed by atoms with van der Waals surface area (Å²) >= 11 is 0. The van der Waals surface area contributed by atoms with E-state index in [2.05, 4.69) is 64.2 Å². The molecular formula is C22H24N4. The molecular weight excluding hydrogens is 320 g/mol. The van der Waals surface area contributed by atoms with Crippen molar-refractivity contribution in [2.45, 2.75) is 12.5 Å². The van der Waals surface area contributed by atoms with Gasteiger partial charge in [0.1, 0.15) is 0 Å². The molecule has 132 valence electrons. The van der Waals surface area contributed by atoms with Gasteiger partial charge in [0.05, 0.1) is 5.69 Å². The van der Waals surface area contributed by atoms with Gasteiger partial charge in [0.2, 0.25) is 0 Å². The van der Waals surface area contributed by atoms with Crippen LogP contribution in [-0.2, 0) is 0 Å². The standard InChI is InChI=1S/C22H24N4/c1-2-13-26(24-12-1)21-9-5-18(6-10-21)17-3-7-20(8-4-17)25-14-11-19-15-23-16-22(19)25/h1-10,12-13,19,22-24H,11,14-16H2/t19-,22+/m1/s1. The third-order valence-electron chi connectivity index (χ3n) is 5.78. The molecule has 3 heterocycles. The van der Waals surface area contributed by atoms with E-state index in [4.69, 9.17) is 0 Å². The van der Waals surface area contributed by atoms with Gasteiger partial charge in [-0.15, -0.1) is 0 Å². The summed E-state index contributed by atoms with van der Waals surface area (Å²) < 4.78 is 0. The molecule has 0 aliphatic carbocycles. The maximum Gasteiger partial charge on any atom is 0.0623 e. The molecule has 0 amide bonds. The van der Waals surface area contributed by atoms with E-state index in [-0.39, 0.29) is 0 Å². The lowest BCUT2D eigenvalue weighted by Crippen LogP contribution is -2.33. The Hall–Kier alpha value is -2.72. The minimum Gasteiger partial charge on any atom is -0.367 e. The number of anilines is 2. The summed E-state index contributed by atoms with van der Waals surface area (Å²) in [6, 6.07) is 18.4. The lowest BCUT2D eigenvalue weighted by atomic mass is 10.0. The molecule has 2 saturated heterocycles. The largest absolute Gasteiger partial charge is 0.367 e. The zero-order chi connectivity index (χ0) is 17.3. The van der Waals surface area contributed by atoms with Gasteiger partial charge >= 0.3 is 0 Å². The summed E-state index contributed by atoms with van der Waals surface area (Å²) in [5.41, 5.74) is 8.21. The van der Waals surface area contributed by atoms with E-state index < -0.39 is 0 Å². The van der Waals surface area contributed by atoms with Crippen molar-refractivity contribution in [2.75, 3.05) is 29.5 Å². The van der Waals surface area contributed by atoms with Crippen LogP contribution in [0.25, 0.3) is 11.1 Å². The Morgan fingerprint density at radius 1 is 0.808 bits per heavy atom. The lowest BCUT2D eigenvalue weighted by molar-refractivity contribution is 0.579. The summed E-state index contributed by atoms with van der Waals surface area (Å²) in [6.45, 7) is 3.50. The molecule has 0 radical (unpaired) electrons. The Morgan fingerprint density at radius 2 is 1.54 bits per heavy atom. The van der Waals surface area contributed by atoms with Crippen LogP contribution in [0.15, 0.2) is 73.1 Å². The molecule has 3 aliphatic heterocycles. The van der Waals surface area contributed by atoms with Crippen molar-refractivity contribution in [3.63, 3.8) is 0 Å². The minimum absolute atomic E-state index is 0.680. The first kappa shape index (κ1) is 15.5. The number of hydrazine groups is 1. The van der Waals surface area contributed by atoms with Gasteiger partial charge in [0.25, 0.3) is 0 Å². The van der Waals surface area contributed by atoms with E-state index in [0.29, 0.717) is 6.04 Å². The van der Waals surface area contributed by atoms with Crippen LogP contribution in [0.4, 0.5) is 11.4 Å². The molecule has 5 rings (SSSR count). The summed E-state index contributed by atoms with van der Waals surface area (Å²) in [5.74, 6) is 0.828. The SMILES string of the molecule is C1=CNN(c2ccc(-c3ccc(N4CC[C@@H]5CNC[C@@H]54)cc3)cc2)C=C1. The van der Waals surface area contributed by atoms with Crippen molar-refractivity contribution in [1.82, 2.24) is 10.7 Å². The number of fused-ring (bicyclic) bond motifs is 1. The molecule has 0 bridgehead atoms. The molecule has 2 fully saturated rings. The highest BCUT2D eigenvalue weighted by atomic mass is 15.5. The van der Waals surface area contributed by atoms with E-state index in [9.17, 15) is 0 Å². The average molecular weight is 344 g/mol. The molecule has 0 spiro atoms. The number of nitrogens with zero attached hydrogens (tertiary/aromatic N) is 2. The Bertz CT molecular complexity index is 822. The molecule has 4 nitrogen and oxygen atoms in total. The zero-order valence-corrected chi connectivity index (χ0v) is 14.8. The summed E-state index contributed by atoms with van der Waals surface area (Å²) in [7, 11) is 0. The molecule has 4 heteroatoms. The smallest absolute Gasteiger partial charge is 0.0623 e. The van der Waals surface area contributed by atoms with Gasteiger partial charge in [-0.05, 0) is 59.9 Å². The highest BCUT2D eigenvalue weighted by Crippen LogP contribution is 2.33. The van der Waals surface area contributed by atoms with Crippen LogP contribution in [0, 0.1) is 5.92 Å². The molecule has 2 N–H and O–H groups in total. The van der Waals surface area contributed by atoms with E-state index in [0.717, 1.165) is 18.2 Å². The van der Waals surface area contributed by atoms with E-state index >= 15 is 0 Å². The number of nitrogens with one attached hydrogen (secondary N) is 2. The van der Waals surface area contributed by atoms with Crippen molar-refractivity contribution in [3.8, 4) is 11.1 Å². The monoisotopic (exact) mass is 344 g/mol. The fourth-order valence-electron chi connectivity index (χ4n) is 4.35. The maximum absolute atomic E-state index is 3.53. The molecule has 2 aromatic carbocycles. The van der Waals surface area contributed by atoms with E-state index in [1.165, 1.54) is 36.3 Å². The van der Waals surface area contributed by atoms with Crippen LogP contribution in [0.2, 0.25) is 0 Å². The van der Waals surface area contributed by atoms with Crippen LogP contribution >= 0.6 is 0 Å². The fourth-order valence-corrected chi connectivity index (χ4v) is 4.35. The maximum atomic E-state index is 3.53. The van der Waals surface area contributed by atoms with Gasteiger partial charge in [-0.2, -0.15) is 0 Å². The normalized spacial score (nSPS) is 24.0. The van der Waals surface area contributed by atoms with Gasteiger partial charge < -0.3 is 15.6 Å². The molecule has 26 heavy (non-hydrogen) atoms. The second kappa shape index (κ2) is 6.54. The van der Waals surface area contributed by atoms with E-state index in [1.807, 2.05) is 29.6 Å². The first-order valence-electron chi connectivity index (χ1n) is 9.45. The Morgan fingerprint density at radius 3 is 2.23 bits per heavy atom. The number of hydrogen-bond acceptors (Lipinski definition) is 4. The molecule has 2 aromatic rings. The number of rotatable bonds is 3. The average Bonchev–Trinajstić information content (AvgIpc) is 3.33. The van der Waals surface area contributed by atoms with Crippen LogP contribution in [0.5, 0.6) is 0 Å². The van der Waals surface area contributed by atoms with Crippen LogP contribution in [0.3, 0.4) is 0 Å². The fraction of sp³-hybridized carbons (Fsp3) is 0.273. The quantitative estimate of drug-likeness (QED) is 0.892. The van der Waals surface area contributed by atoms with Crippen LogP contribution in [0.1, 0.15) is 6.42 Å². The van der Waals surface area contributed by atoms with Gasteiger partial charge in [-0.3, -0.25) is 5.01 Å². The van der Waals surface area contributed by atoms with Gasteiger partial charge in [0, 0.05) is 43.8 Å². The molecule has 0 aromatic heterocycles. The molecule has 0 unspecified atom stereocenters. The molecule has 2 atom stereocenters. The van der Waals surface area contributed by atoms with E-state index in [1.54, 1.807) is 0 Å². The number of benzene rings is 2. The number of hydrogen-bond donors (Lipinski definition) is 2. The third kappa shape index (κ3) is 2.76. The van der Waals surface area contributed by atoms with Crippen molar-refractivity contribution in [2.24, 2.45) is 5.92 Å².